The van der Waals surface area contributed by atoms with Crippen LogP contribution in [0.25, 0.3) is 0 Å². The molecule has 2 saturated carbocycles. The molecular formula is C29H31O6S2+. The first-order valence-corrected chi connectivity index (χ1v) is 14.8. The van der Waals surface area contributed by atoms with Crippen molar-refractivity contribution in [2.24, 2.45) is 11.8 Å². The number of benzene rings is 3. The van der Waals surface area contributed by atoms with E-state index in [4.69, 9.17) is 9.47 Å². The lowest BCUT2D eigenvalue weighted by Gasteiger charge is -2.30. The van der Waals surface area contributed by atoms with Crippen LogP contribution in [0.2, 0.25) is 0 Å². The van der Waals surface area contributed by atoms with Gasteiger partial charge in [-0.2, -0.15) is 0 Å². The molecule has 2 bridgehead atoms. The lowest BCUT2D eigenvalue weighted by molar-refractivity contribution is -0.160. The van der Waals surface area contributed by atoms with E-state index in [9.17, 15) is 18.7 Å². The number of fused-ring (bicyclic) bond motifs is 2. The van der Waals surface area contributed by atoms with Gasteiger partial charge in [-0.15, -0.1) is 0 Å². The van der Waals surface area contributed by atoms with Crippen molar-refractivity contribution < 1.29 is 28.1 Å². The van der Waals surface area contributed by atoms with E-state index >= 15 is 0 Å². The molecule has 6 unspecified atom stereocenters. The summed E-state index contributed by atoms with van der Waals surface area (Å²) in [7, 11) is -0.286. The second-order valence-electron chi connectivity index (χ2n) is 9.76. The van der Waals surface area contributed by atoms with Gasteiger partial charge < -0.3 is 19.1 Å². The Morgan fingerprint density at radius 2 is 1.51 bits per heavy atom. The van der Waals surface area contributed by atoms with E-state index in [2.05, 4.69) is 60.7 Å². The molecule has 3 aromatic carbocycles. The molecule has 0 aliphatic heterocycles. The number of hydrogen-bond acceptors (Lipinski definition) is 5. The van der Waals surface area contributed by atoms with Crippen LogP contribution in [0, 0.1) is 25.7 Å². The van der Waals surface area contributed by atoms with Gasteiger partial charge in [0.15, 0.2) is 32.4 Å². The van der Waals surface area contributed by atoms with Crippen molar-refractivity contribution >= 4 is 27.9 Å². The van der Waals surface area contributed by atoms with Crippen molar-refractivity contribution in [3.8, 4) is 5.75 Å². The number of esters is 1. The predicted molar refractivity (Wildman–Crippen MR) is 143 cm³/mol. The number of aliphatic hydroxyl groups is 1. The minimum Gasteiger partial charge on any atom is -0.481 e. The lowest BCUT2D eigenvalue weighted by Crippen LogP contribution is -2.43. The number of hydrogen-bond donors (Lipinski definition) is 2. The third kappa shape index (κ3) is 5.34. The Bertz CT molecular complexity index is 1220. The summed E-state index contributed by atoms with van der Waals surface area (Å²) >= 11 is -1.98. The molecule has 0 heterocycles. The number of ether oxygens (including phenoxy) is 2. The van der Waals surface area contributed by atoms with Gasteiger partial charge in [0.25, 0.3) is 0 Å². The molecule has 2 aliphatic carbocycles. The topological polar surface area (TPSA) is 93.1 Å². The zero-order valence-corrected chi connectivity index (χ0v) is 22.4. The highest BCUT2D eigenvalue weighted by molar-refractivity contribution is 7.97. The van der Waals surface area contributed by atoms with Crippen LogP contribution in [-0.4, -0.2) is 43.9 Å². The fourth-order valence-electron chi connectivity index (χ4n) is 5.71. The highest BCUT2D eigenvalue weighted by Crippen LogP contribution is 2.48. The van der Waals surface area contributed by atoms with Gasteiger partial charge in [-0.3, -0.25) is 0 Å². The van der Waals surface area contributed by atoms with Gasteiger partial charge >= 0.3 is 5.97 Å². The van der Waals surface area contributed by atoms with Crippen LogP contribution in [0.15, 0.2) is 87.5 Å². The Kier molecular flexibility index (Phi) is 7.72. The molecule has 5 rings (SSSR count). The van der Waals surface area contributed by atoms with Gasteiger partial charge in [-0.25, -0.2) is 9.00 Å². The molecule has 8 heteroatoms. The molecule has 6 atom stereocenters. The molecule has 3 aromatic rings. The minimum atomic E-state index is -1.98. The van der Waals surface area contributed by atoms with Crippen LogP contribution in [0.4, 0.5) is 0 Å². The summed E-state index contributed by atoms with van der Waals surface area (Å²) in [5.74, 6) is -0.305. The maximum absolute atomic E-state index is 12.6. The van der Waals surface area contributed by atoms with Crippen LogP contribution in [0.3, 0.4) is 0 Å². The largest absolute Gasteiger partial charge is 0.481 e. The number of rotatable bonds is 8. The summed E-state index contributed by atoms with van der Waals surface area (Å²) in [6.45, 7) is 3.69. The van der Waals surface area contributed by atoms with Gasteiger partial charge in [-0.1, -0.05) is 36.4 Å². The Balaban J connectivity index is 1.29. The summed E-state index contributed by atoms with van der Waals surface area (Å²) < 4.78 is 32.4. The maximum Gasteiger partial charge on any atom is 0.344 e. The van der Waals surface area contributed by atoms with Crippen molar-refractivity contribution in [2.45, 2.75) is 58.8 Å². The van der Waals surface area contributed by atoms with Crippen molar-refractivity contribution in [1.82, 2.24) is 0 Å². The molecule has 0 radical (unpaired) electrons. The van der Waals surface area contributed by atoms with Crippen LogP contribution in [-0.2, 0) is 31.5 Å². The first kappa shape index (κ1) is 26.0. The van der Waals surface area contributed by atoms with Crippen LogP contribution < -0.4 is 4.74 Å². The lowest BCUT2D eigenvalue weighted by atomic mass is 9.94. The first-order valence-electron chi connectivity index (χ1n) is 12.4. The Morgan fingerprint density at radius 3 is 2.03 bits per heavy atom. The SMILES string of the molecule is Cc1cc([S+](c2ccccc2)c2ccccc2)cc(C)c1OCC(=O)OC1C2CC(C1O)C(S(=O)O)C2. The van der Waals surface area contributed by atoms with E-state index < -0.39 is 34.5 Å². The molecule has 0 amide bonds. The van der Waals surface area contributed by atoms with E-state index in [1.807, 2.05) is 26.0 Å². The Hall–Kier alpha value is -2.65. The highest BCUT2D eigenvalue weighted by Gasteiger charge is 2.55. The van der Waals surface area contributed by atoms with Gasteiger partial charge in [0.05, 0.1) is 22.2 Å². The average molecular weight is 540 g/mol. The van der Waals surface area contributed by atoms with Crippen molar-refractivity contribution in [2.75, 3.05) is 6.61 Å². The fourth-order valence-corrected chi connectivity index (χ4v) is 8.96. The number of aryl methyl sites for hydroxylation is 2. The zero-order valence-electron chi connectivity index (χ0n) is 20.8. The summed E-state index contributed by atoms with van der Waals surface area (Å²) in [5, 5.41) is 10.1. The smallest absolute Gasteiger partial charge is 0.344 e. The van der Waals surface area contributed by atoms with Crippen molar-refractivity contribution in [3.63, 3.8) is 0 Å². The fraction of sp³-hybridized carbons (Fsp3) is 0.345. The summed E-state index contributed by atoms with van der Waals surface area (Å²) in [6.07, 6.45) is -0.486. The molecule has 6 nitrogen and oxygen atoms in total. The first-order chi connectivity index (χ1) is 17.8. The monoisotopic (exact) mass is 539 g/mol. The predicted octanol–water partition coefficient (Wildman–Crippen LogP) is 4.68. The quantitative estimate of drug-likeness (QED) is 0.245. The number of carbonyl (C=O) groups is 1. The molecule has 0 spiro atoms. The van der Waals surface area contributed by atoms with Gasteiger partial charge in [0.2, 0.25) is 0 Å². The van der Waals surface area contributed by atoms with E-state index in [1.165, 1.54) is 14.7 Å². The maximum atomic E-state index is 12.6. The van der Waals surface area contributed by atoms with Gasteiger partial charge in [0, 0.05) is 24.0 Å². The van der Waals surface area contributed by atoms with Gasteiger partial charge in [0.1, 0.15) is 11.9 Å². The normalized spacial score (nSPS) is 25.3. The van der Waals surface area contributed by atoms with Crippen LogP contribution >= 0.6 is 0 Å². The molecule has 0 saturated heterocycles. The van der Waals surface area contributed by atoms with Crippen LogP contribution in [0.5, 0.6) is 5.75 Å². The molecule has 2 N–H and O–H groups in total. The van der Waals surface area contributed by atoms with Gasteiger partial charge in [-0.05, 0) is 62.1 Å². The zero-order chi connectivity index (χ0) is 26.1. The van der Waals surface area contributed by atoms with Crippen molar-refractivity contribution in [3.05, 3.63) is 83.9 Å². The number of aliphatic hydroxyl groups excluding tert-OH is 1. The third-order valence-electron chi connectivity index (χ3n) is 7.32. The summed E-state index contributed by atoms with van der Waals surface area (Å²) in [6, 6.07) is 25.1. The van der Waals surface area contributed by atoms with Crippen LogP contribution in [0.1, 0.15) is 24.0 Å². The Labute approximate surface area is 222 Å². The molecule has 2 fully saturated rings. The molecule has 37 heavy (non-hydrogen) atoms. The Morgan fingerprint density at radius 1 is 0.946 bits per heavy atom. The van der Waals surface area contributed by atoms with E-state index in [1.54, 1.807) is 0 Å². The number of carbonyl (C=O) groups excluding carboxylic acids is 1. The highest BCUT2D eigenvalue weighted by atomic mass is 32.2. The molecule has 194 valence electrons. The summed E-state index contributed by atoms with van der Waals surface area (Å²) in [4.78, 5) is 16.2. The molecular weight excluding hydrogens is 508 g/mol. The standard InChI is InChI=1S/C29H30O6S2/c1-18-13-23(36(21-9-5-3-6-10-21)22-11-7-4-8-12-22)14-19(2)28(18)34-17-26(30)35-29-20-15-24(27(29)31)25(16-20)37(32)33/h3-14,20,24-25,27,29,31H,15-17H2,1-2H3/p+1. The summed E-state index contributed by atoms with van der Waals surface area (Å²) in [5.41, 5.74) is 1.86. The molecule has 2 aliphatic rings. The molecule has 0 aromatic heterocycles. The van der Waals surface area contributed by atoms with E-state index in [-0.39, 0.29) is 29.3 Å². The second-order valence-corrected chi connectivity index (χ2v) is 12.9. The third-order valence-corrected chi connectivity index (χ3v) is 10.6. The minimum absolute atomic E-state index is 0.0956. The van der Waals surface area contributed by atoms with E-state index in [0.29, 0.717) is 18.6 Å². The average Bonchev–Trinajstić information content (AvgIpc) is 3.45. The second kappa shape index (κ2) is 11.0. The van der Waals surface area contributed by atoms with E-state index in [0.717, 1.165) is 11.1 Å². The van der Waals surface area contributed by atoms with Crippen molar-refractivity contribution in [1.29, 1.82) is 0 Å².